The van der Waals surface area contributed by atoms with Crippen LogP contribution in [0.5, 0.6) is 5.75 Å². The van der Waals surface area contributed by atoms with Crippen molar-refractivity contribution in [2.24, 2.45) is 5.92 Å². The number of rotatable bonds is 3. The Kier molecular flexibility index (Phi) is 3.55. The summed E-state index contributed by atoms with van der Waals surface area (Å²) in [4.78, 5) is 11.5. The smallest absolute Gasteiger partial charge is 0.227 e. The molecule has 1 aromatic rings. The highest BCUT2D eigenvalue weighted by Gasteiger charge is 2.10. The summed E-state index contributed by atoms with van der Waals surface area (Å²) < 4.78 is 5.11. The minimum atomic E-state index is -0.0627. The highest BCUT2D eigenvalue weighted by Crippen LogP contribution is 2.26. The molecule has 0 aromatic heterocycles. The first kappa shape index (κ1) is 11.4. The van der Waals surface area contributed by atoms with Gasteiger partial charge in [-0.05, 0) is 12.1 Å². The molecule has 1 amide bonds. The van der Waals surface area contributed by atoms with Crippen molar-refractivity contribution in [3.8, 4) is 5.75 Å². The quantitative estimate of drug-likeness (QED) is 0.745. The van der Waals surface area contributed by atoms with Crippen molar-refractivity contribution < 1.29 is 9.53 Å². The van der Waals surface area contributed by atoms with Crippen molar-refractivity contribution in [2.45, 2.75) is 13.8 Å². The molecule has 4 heteroatoms. The number of carbonyl (C=O) groups is 1. The standard InChI is InChI=1S/C11H16N2O2/c1-7(2)11(14)13-9-5-4-8(12)6-10(9)15-3/h4-7H,12H2,1-3H3,(H,13,14). The van der Waals surface area contributed by atoms with Gasteiger partial charge in [-0.2, -0.15) is 0 Å². The normalized spacial score (nSPS) is 10.1. The average Bonchev–Trinajstić information content (AvgIpc) is 2.20. The summed E-state index contributed by atoms with van der Waals surface area (Å²) in [5.41, 5.74) is 6.85. The number of nitrogens with one attached hydrogen (secondary N) is 1. The zero-order valence-corrected chi connectivity index (χ0v) is 9.20. The highest BCUT2D eigenvalue weighted by molar-refractivity contribution is 5.93. The predicted octanol–water partition coefficient (Wildman–Crippen LogP) is 1.87. The molecule has 1 aromatic carbocycles. The van der Waals surface area contributed by atoms with Crippen molar-refractivity contribution >= 4 is 17.3 Å². The van der Waals surface area contributed by atoms with Gasteiger partial charge in [-0.3, -0.25) is 4.79 Å². The molecule has 82 valence electrons. The topological polar surface area (TPSA) is 64.3 Å². The van der Waals surface area contributed by atoms with E-state index >= 15 is 0 Å². The van der Waals surface area contributed by atoms with Crippen molar-refractivity contribution in [2.75, 3.05) is 18.2 Å². The first-order valence-electron chi connectivity index (χ1n) is 4.79. The third-order valence-electron chi connectivity index (χ3n) is 2.01. The maximum atomic E-state index is 11.5. The number of methoxy groups -OCH3 is 1. The van der Waals surface area contributed by atoms with Crippen molar-refractivity contribution in [1.29, 1.82) is 0 Å². The Labute approximate surface area is 89.4 Å². The van der Waals surface area contributed by atoms with Crippen LogP contribution in [-0.4, -0.2) is 13.0 Å². The van der Waals surface area contributed by atoms with E-state index in [0.717, 1.165) is 0 Å². The molecule has 0 atom stereocenters. The highest BCUT2D eigenvalue weighted by atomic mass is 16.5. The number of anilines is 2. The predicted molar refractivity (Wildman–Crippen MR) is 60.9 cm³/mol. The number of carbonyl (C=O) groups excluding carboxylic acids is 1. The molecule has 0 radical (unpaired) electrons. The first-order valence-corrected chi connectivity index (χ1v) is 4.79. The van der Waals surface area contributed by atoms with Gasteiger partial charge in [0, 0.05) is 17.7 Å². The van der Waals surface area contributed by atoms with Crippen LogP contribution in [0.3, 0.4) is 0 Å². The summed E-state index contributed by atoms with van der Waals surface area (Å²) in [6.45, 7) is 3.66. The van der Waals surface area contributed by atoms with Gasteiger partial charge in [-0.25, -0.2) is 0 Å². The zero-order valence-electron chi connectivity index (χ0n) is 9.20. The molecular weight excluding hydrogens is 192 g/mol. The Bertz CT molecular complexity index is 362. The lowest BCUT2D eigenvalue weighted by Crippen LogP contribution is -2.18. The lowest BCUT2D eigenvalue weighted by molar-refractivity contribution is -0.118. The number of amides is 1. The van der Waals surface area contributed by atoms with Crippen LogP contribution in [0.1, 0.15) is 13.8 Å². The van der Waals surface area contributed by atoms with Gasteiger partial charge in [0.05, 0.1) is 12.8 Å². The fraction of sp³-hybridized carbons (Fsp3) is 0.364. The van der Waals surface area contributed by atoms with E-state index in [2.05, 4.69) is 5.32 Å². The number of nitrogen functional groups attached to an aromatic ring is 1. The van der Waals surface area contributed by atoms with Gasteiger partial charge < -0.3 is 15.8 Å². The van der Waals surface area contributed by atoms with E-state index in [1.165, 1.54) is 0 Å². The third-order valence-corrected chi connectivity index (χ3v) is 2.01. The third kappa shape index (κ3) is 2.87. The van der Waals surface area contributed by atoms with E-state index in [4.69, 9.17) is 10.5 Å². The Morgan fingerprint density at radius 3 is 2.67 bits per heavy atom. The van der Waals surface area contributed by atoms with Crippen LogP contribution in [-0.2, 0) is 4.79 Å². The second kappa shape index (κ2) is 4.68. The molecule has 0 spiro atoms. The minimum absolute atomic E-state index is 0.0435. The van der Waals surface area contributed by atoms with Crippen molar-refractivity contribution in [1.82, 2.24) is 0 Å². The molecule has 0 saturated carbocycles. The van der Waals surface area contributed by atoms with Crippen LogP contribution in [0, 0.1) is 5.92 Å². The molecule has 0 heterocycles. The first-order chi connectivity index (χ1) is 7.04. The number of hydrogen-bond acceptors (Lipinski definition) is 3. The molecule has 0 aliphatic carbocycles. The van der Waals surface area contributed by atoms with Crippen molar-refractivity contribution in [3.05, 3.63) is 18.2 Å². The largest absolute Gasteiger partial charge is 0.494 e. The Hall–Kier alpha value is -1.71. The second-order valence-corrected chi connectivity index (χ2v) is 3.60. The maximum Gasteiger partial charge on any atom is 0.227 e. The molecule has 0 unspecified atom stereocenters. The molecule has 0 saturated heterocycles. The summed E-state index contributed by atoms with van der Waals surface area (Å²) in [6, 6.07) is 5.13. The van der Waals surface area contributed by atoms with Crippen molar-refractivity contribution in [3.63, 3.8) is 0 Å². The molecule has 0 fully saturated rings. The van der Waals surface area contributed by atoms with Crippen LogP contribution in [0.15, 0.2) is 18.2 Å². The van der Waals surface area contributed by atoms with Gasteiger partial charge in [0.25, 0.3) is 0 Å². The number of hydrogen-bond donors (Lipinski definition) is 2. The average molecular weight is 208 g/mol. The maximum absolute atomic E-state index is 11.5. The van der Waals surface area contributed by atoms with Crippen LogP contribution < -0.4 is 15.8 Å². The molecule has 0 aliphatic heterocycles. The summed E-state index contributed by atoms with van der Waals surface area (Å²) in [7, 11) is 1.54. The van der Waals surface area contributed by atoms with Gasteiger partial charge in [0.15, 0.2) is 0 Å². The lowest BCUT2D eigenvalue weighted by atomic mass is 10.2. The zero-order chi connectivity index (χ0) is 11.4. The van der Waals surface area contributed by atoms with Gasteiger partial charge in [-0.1, -0.05) is 13.8 Å². The Morgan fingerprint density at radius 2 is 2.13 bits per heavy atom. The molecule has 4 nitrogen and oxygen atoms in total. The van der Waals surface area contributed by atoms with Gasteiger partial charge in [0.1, 0.15) is 5.75 Å². The van der Waals surface area contributed by atoms with Gasteiger partial charge in [-0.15, -0.1) is 0 Å². The minimum Gasteiger partial charge on any atom is -0.494 e. The summed E-state index contributed by atoms with van der Waals surface area (Å²) in [5, 5.41) is 2.77. The Balaban J connectivity index is 2.89. The molecular formula is C11H16N2O2. The van der Waals surface area contributed by atoms with E-state index < -0.39 is 0 Å². The number of ether oxygens (including phenoxy) is 1. The van der Waals surface area contributed by atoms with Gasteiger partial charge >= 0.3 is 0 Å². The monoisotopic (exact) mass is 208 g/mol. The molecule has 0 bridgehead atoms. The number of benzene rings is 1. The van der Waals surface area contributed by atoms with E-state index in [-0.39, 0.29) is 11.8 Å². The van der Waals surface area contributed by atoms with Crippen LogP contribution in [0.25, 0.3) is 0 Å². The van der Waals surface area contributed by atoms with E-state index in [1.54, 1.807) is 25.3 Å². The molecule has 15 heavy (non-hydrogen) atoms. The SMILES string of the molecule is COc1cc(N)ccc1NC(=O)C(C)C. The van der Waals surface area contributed by atoms with Crippen LogP contribution in [0.4, 0.5) is 11.4 Å². The summed E-state index contributed by atoms with van der Waals surface area (Å²) in [6.07, 6.45) is 0. The van der Waals surface area contributed by atoms with Crippen LogP contribution in [0.2, 0.25) is 0 Å². The molecule has 0 aliphatic rings. The lowest BCUT2D eigenvalue weighted by Gasteiger charge is -2.12. The fourth-order valence-corrected chi connectivity index (χ4v) is 1.09. The summed E-state index contributed by atoms with van der Waals surface area (Å²) >= 11 is 0. The van der Waals surface area contributed by atoms with E-state index in [9.17, 15) is 4.79 Å². The number of nitrogens with two attached hydrogens (primary N) is 1. The fourth-order valence-electron chi connectivity index (χ4n) is 1.09. The summed E-state index contributed by atoms with van der Waals surface area (Å²) in [5.74, 6) is 0.467. The second-order valence-electron chi connectivity index (χ2n) is 3.60. The molecule has 1 rings (SSSR count). The van der Waals surface area contributed by atoms with E-state index in [1.807, 2.05) is 13.8 Å². The van der Waals surface area contributed by atoms with Gasteiger partial charge in [0.2, 0.25) is 5.91 Å². The molecule has 3 N–H and O–H groups in total. The van der Waals surface area contributed by atoms with E-state index in [0.29, 0.717) is 17.1 Å². The Morgan fingerprint density at radius 1 is 1.47 bits per heavy atom. The van der Waals surface area contributed by atoms with Crippen LogP contribution >= 0.6 is 0 Å².